The maximum atomic E-state index is 13.3. The summed E-state index contributed by atoms with van der Waals surface area (Å²) in [6.45, 7) is 5.28. The first-order valence-corrected chi connectivity index (χ1v) is 10.7. The van der Waals surface area contributed by atoms with Crippen molar-refractivity contribution in [3.8, 4) is 0 Å². The average molecular weight is 428 g/mol. The molecule has 2 aliphatic rings. The Labute approximate surface area is 181 Å². The number of amides is 2. The maximum absolute atomic E-state index is 13.3. The van der Waals surface area contributed by atoms with E-state index in [9.17, 15) is 9.59 Å². The van der Waals surface area contributed by atoms with Crippen molar-refractivity contribution in [3.63, 3.8) is 0 Å². The molecule has 30 heavy (non-hydrogen) atoms. The van der Waals surface area contributed by atoms with Gasteiger partial charge >= 0.3 is 6.09 Å². The second-order valence-corrected chi connectivity index (χ2v) is 8.13. The van der Waals surface area contributed by atoms with E-state index in [0.717, 1.165) is 22.4 Å². The Kier molecular flexibility index (Phi) is 5.86. The van der Waals surface area contributed by atoms with E-state index >= 15 is 0 Å². The molecule has 6 nitrogen and oxygen atoms in total. The van der Waals surface area contributed by atoms with Gasteiger partial charge in [-0.3, -0.25) is 4.79 Å². The minimum Gasteiger partial charge on any atom is -0.450 e. The molecule has 0 saturated carbocycles. The van der Waals surface area contributed by atoms with Gasteiger partial charge in [-0.25, -0.2) is 4.79 Å². The van der Waals surface area contributed by atoms with E-state index in [1.54, 1.807) is 11.8 Å². The standard InChI is InChI=1S/C23H26ClN3O3/c1-3-30-23(29)26-12-10-17(11-13-26)27-21(18-6-4-5-7-19(18)22(27)28)25-16-9-8-15(2)20(24)14-16/h4-9,14,17,21,25H,3,10-13H2,1-2H3. The van der Waals surface area contributed by atoms with E-state index in [4.69, 9.17) is 16.3 Å². The lowest BCUT2D eigenvalue weighted by Crippen LogP contribution is -2.49. The molecule has 1 unspecified atom stereocenters. The molecule has 1 fully saturated rings. The van der Waals surface area contributed by atoms with E-state index in [0.29, 0.717) is 37.6 Å². The van der Waals surface area contributed by atoms with Gasteiger partial charge in [0.05, 0.1) is 6.61 Å². The van der Waals surface area contributed by atoms with Crippen molar-refractivity contribution in [1.82, 2.24) is 9.80 Å². The van der Waals surface area contributed by atoms with Crippen LogP contribution in [-0.4, -0.2) is 47.5 Å². The summed E-state index contributed by atoms with van der Waals surface area (Å²) in [4.78, 5) is 29.0. The van der Waals surface area contributed by atoms with Crippen LogP contribution in [0.15, 0.2) is 42.5 Å². The Morgan fingerprint density at radius 1 is 1.20 bits per heavy atom. The Morgan fingerprint density at radius 2 is 1.93 bits per heavy atom. The predicted molar refractivity (Wildman–Crippen MR) is 117 cm³/mol. The van der Waals surface area contributed by atoms with Crippen molar-refractivity contribution < 1.29 is 14.3 Å². The summed E-state index contributed by atoms with van der Waals surface area (Å²) in [7, 11) is 0. The monoisotopic (exact) mass is 427 g/mol. The molecular weight excluding hydrogens is 402 g/mol. The van der Waals surface area contributed by atoms with Gasteiger partial charge in [-0.05, 0) is 50.5 Å². The zero-order valence-electron chi connectivity index (χ0n) is 17.2. The molecule has 2 amide bonds. The minimum absolute atomic E-state index is 0.0240. The van der Waals surface area contributed by atoms with Crippen LogP contribution in [0.1, 0.15) is 47.4 Å². The molecule has 2 aromatic carbocycles. The maximum Gasteiger partial charge on any atom is 0.409 e. The summed E-state index contributed by atoms with van der Waals surface area (Å²) >= 11 is 6.31. The fourth-order valence-electron chi connectivity index (χ4n) is 4.24. The van der Waals surface area contributed by atoms with Gasteiger partial charge in [0.1, 0.15) is 6.17 Å². The van der Waals surface area contributed by atoms with Gasteiger partial charge in [-0.15, -0.1) is 0 Å². The Bertz CT molecular complexity index is 956. The van der Waals surface area contributed by atoms with Crippen molar-refractivity contribution in [2.45, 2.75) is 38.9 Å². The van der Waals surface area contributed by atoms with Gasteiger partial charge in [0.2, 0.25) is 0 Å². The summed E-state index contributed by atoms with van der Waals surface area (Å²) in [5.74, 6) is 0.0240. The molecule has 158 valence electrons. The second-order valence-electron chi connectivity index (χ2n) is 7.73. The molecule has 7 heteroatoms. The number of nitrogens with one attached hydrogen (secondary N) is 1. The van der Waals surface area contributed by atoms with Crippen molar-refractivity contribution in [3.05, 3.63) is 64.2 Å². The zero-order chi connectivity index (χ0) is 21.3. The Hall–Kier alpha value is -2.73. The molecule has 2 aliphatic heterocycles. The van der Waals surface area contributed by atoms with Crippen LogP contribution in [-0.2, 0) is 4.74 Å². The Balaban J connectivity index is 1.57. The average Bonchev–Trinajstić information content (AvgIpc) is 3.03. The SMILES string of the molecule is CCOC(=O)N1CCC(N2C(=O)c3ccccc3C2Nc2ccc(C)c(Cl)c2)CC1. The number of piperidine rings is 1. The van der Waals surface area contributed by atoms with Crippen molar-refractivity contribution >= 4 is 29.3 Å². The molecule has 2 aromatic rings. The molecule has 0 spiro atoms. The van der Waals surface area contributed by atoms with Gasteiger partial charge < -0.3 is 19.9 Å². The number of ether oxygens (including phenoxy) is 1. The molecule has 2 heterocycles. The number of benzene rings is 2. The number of nitrogens with zero attached hydrogens (tertiary/aromatic N) is 2. The van der Waals surface area contributed by atoms with Crippen molar-refractivity contribution in [1.29, 1.82) is 0 Å². The van der Waals surface area contributed by atoms with E-state index in [2.05, 4.69) is 5.32 Å². The first-order valence-electron chi connectivity index (χ1n) is 10.4. The lowest BCUT2D eigenvalue weighted by Gasteiger charge is -2.39. The third kappa shape index (κ3) is 3.84. The molecule has 1 atom stereocenters. The highest BCUT2D eigenvalue weighted by Gasteiger charge is 2.42. The molecule has 0 radical (unpaired) electrons. The number of carbonyl (C=O) groups excluding carboxylic acids is 2. The van der Waals surface area contributed by atoms with Crippen LogP contribution in [0.5, 0.6) is 0 Å². The molecule has 1 saturated heterocycles. The van der Waals surface area contributed by atoms with Crippen LogP contribution in [0.25, 0.3) is 0 Å². The lowest BCUT2D eigenvalue weighted by atomic mass is 10.0. The van der Waals surface area contributed by atoms with E-state index in [1.165, 1.54) is 0 Å². The van der Waals surface area contributed by atoms with Crippen LogP contribution in [0, 0.1) is 6.92 Å². The Morgan fingerprint density at radius 3 is 2.63 bits per heavy atom. The van der Waals surface area contributed by atoms with Crippen LogP contribution < -0.4 is 5.32 Å². The van der Waals surface area contributed by atoms with Crippen LogP contribution >= 0.6 is 11.6 Å². The highest BCUT2D eigenvalue weighted by atomic mass is 35.5. The number of hydrogen-bond donors (Lipinski definition) is 1. The van der Waals surface area contributed by atoms with Crippen LogP contribution in [0.4, 0.5) is 10.5 Å². The fraction of sp³-hybridized carbons (Fsp3) is 0.391. The van der Waals surface area contributed by atoms with Crippen LogP contribution in [0.3, 0.4) is 0 Å². The van der Waals surface area contributed by atoms with Gasteiger partial charge in [-0.2, -0.15) is 0 Å². The highest BCUT2D eigenvalue weighted by molar-refractivity contribution is 6.31. The lowest BCUT2D eigenvalue weighted by molar-refractivity contribution is 0.0496. The smallest absolute Gasteiger partial charge is 0.409 e. The third-order valence-electron chi connectivity index (χ3n) is 5.86. The molecule has 1 N–H and O–H groups in total. The summed E-state index contributed by atoms with van der Waals surface area (Å²) in [6.07, 6.45) is 0.874. The third-order valence-corrected chi connectivity index (χ3v) is 6.26. The number of likely N-dealkylation sites (tertiary alicyclic amines) is 1. The summed E-state index contributed by atoms with van der Waals surface area (Å²) in [5.41, 5.74) is 3.57. The van der Waals surface area contributed by atoms with Gasteiger partial charge in [0.25, 0.3) is 5.91 Å². The van der Waals surface area contributed by atoms with Crippen molar-refractivity contribution in [2.75, 3.05) is 25.0 Å². The fourth-order valence-corrected chi connectivity index (χ4v) is 4.42. The van der Waals surface area contributed by atoms with E-state index in [1.807, 2.05) is 54.3 Å². The molecule has 4 rings (SSSR count). The molecule has 0 aliphatic carbocycles. The number of hydrogen-bond acceptors (Lipinski definition) is 4. The highest BCUT2D eigenvalue weighted by Crippen LogP contribution is 2.38. The number of halogens is 1. The van der Waals surface area contributed by atoms with Crippen LogP contribution in [0.2, 0.25) is 5.02 Å². The van der Waals surface area contributed by atoms with E-state index < -0.39 is 0 Å². The largest absolute Gasteiger partial charge is 0.450 e. The molecule has 0 aromatic heterocycles. The quantitative estimate of drug-likeness (QED) is 0.758. The van der Waals surface area contributed by atoms with Crippen molar-refractivity contribution in [2.24, 2.45) is 0 Å². The number of rotatable bonds is 4. The van der Waals surface area contributed by atoms with E-state index in [-0.39, 0.29) is 24.2 Å². The first kappa shape index (κ1) is 20.5. The normalized spacial score (nSPS) is 19.0. The summed E-state index contributed by atoms with van der Waals surface area (Å²) < 4.78 is 5.12. The minimum atomic E-state index is -0.282. The summed E-state index contributed by atoms with van der Waals surface area (Å²) in [6, 6.07) is 13.6. The topological polar surface area (TPSA) is 61.9 Å². The number of carbonyl (C=O) groups is 2. The van der Waals surface area contributed by atoms with Gasteiger partial charge in [0.15, 0.2) is 0 Å². The second kappa shape index (κ2) is 8.56. The number of anilines is 1. The van der Waals surface area contributed by atoms with Gasteiger partial charge in [-0.1, -0.05) is 35.9 Å². The number of fused-ring (bicyclic) bond motifs is 1. The predicted octanol–water partition coefficient (Wildman–Crippen LogP) is 4.84. The first-order chi connectivity index (χ1) is 14.5. The molecule has 0 bridgehead atoms. The van der Waals surface area contributed by atoms with Gasteiger partial charge in [0, 0.05) is 41.0 Å². The zero-order valence-corrected chi connectivity index (χ0v) is 18.0. The summed E-state index contributed by atoms with van der Waals surface area (Å²) in [5, 5.41) is 4.20. The molecular formula is C23H26ClN3O3. The number of aryl methyl sites for hydroxylation is 1.